The van der Waals surface area contributed by atoms with E-state index in [1.807, 2.05) is 31.2 Å². The van der Waals surface area contributed by atoms with Gasteiger partial charge in [-0.05, 0) is 24.6 Å². The zero-order chi connectivity index (χ0) is 15.9. The van der Waals surface area contributed by atoms with Crippen molar-refractivity contribution < 1.29 is 14.6 Å². The minimum atomic E-state index is -0.519. The third-order valence-corrected chi connectivity index (χ3v) is 3.31. The second-order valence-electron chi connectivity index (χ2n) is 5.05. The molecular formula is C16H21N3O3. The van der Waals surface area contributed by atoms with Crippen LogP contribution in [0.25, 0.3) is 11.3 Å². The molecule has 0 spiro atoms. The molecule has 6 heteroatoms. The summed E-state index contributed by atoms with van der Waals surface area (Å²) in [7, 11) is 1.60. The highest BCUT2D eigenvalue weighted by Crippen LogP contribution is 2.22. The molecule has 0 aliphatic carbocycles. The Morgan fingerprint density at radius 1 is 1.45 bits per heavy atom. The van der Waals surface area contributed by atoms with Crippen molar-refractivity contribution in [2.45, 2.75) is 25.9 Å². The fourth-order valence-electron chi connectivity index (χ4n) is 2.11. The van der Waals surface area contributed by atoms with Gasteiger partial charge < -0.3 is 15.2 Å². The minimum absolute atomic E-state index is 0.236. The van der Waals surface area contributed by atoms with Crippen molar-refractivity contribution in [1.29, 1.82) is 0 Å². The topological polar surface area (TPSA) is 87.2 Å². The number of hydrogen-bond donors (Lipinski definition) is 3. The van der Waals surface area contributed by atoms with E-state index in [1.54, 1.807) is 13.2 Å². The van der Waals surface area contributed by atoms with Crippen molar-refractivity contribution in [3.8, 4) is 17.0 Å². The lowest BCUT2D eigenvalue weighted by Gasteiger charge is -2.09. The molecule has 0 aliphatic heterocycles. The van der Waals surface area contributed by atoms with Crippen LogP contribution in [0.2, 0.25) is 0 Å². The number of ether oxygens (including phenoxy) is 1. The number of rotatable bonds is 7. The Morgan fingerprint density at radius 2 is 2.27 bits per heavy atom. The van der Waals surface area contributed by atoms with Crippen LogP contribution in [-0.2, 0) is 0 Å². The summed E-state index contributed by atoms with van der Waals surface area (Å²) in [5, 5.41) is 19.2. The van der Waals surface area contributed by atoms with Gasteiger partial charge in [0.15, 0.2) is 0 Å². The van der Waals surface area contributed by atoms with Gasteiger partial charge in [-0.25, -0.2) is 0 Å². The van der Waals surface area contributed by atoms with Crippen molar-refractivity contribution in [3.63, 3.8) is 0 Å². The molecule has 0 aliphatic rings. The number of nitrogens with zero attached hydrogens (tertiary/aromatic N) is 1. The van der Waals surface area contributed by atoms with Crippen LogP contribution in [0.5, 0.6) is 5.75 Å². The van der Waals surface area contributed by atoms with E-state index in [-0.39, 0.29) is 12.5 Å². The van der Waals surface area contributed by atoms with Gasteiger partial charge in [-0.2, -0.15) is 5.10 Å². The number of carbonyl (C=O) groups is 1. The standard InChI is InChI=1S/C16H21N3O3/c1-3-5-12(20)10-17-16(21)15-9-14(18-19-15)11-6-4-7-13(8-11)22-2/h4,6-9,12,20H,3,5,10H2,1-2H3,(H,17,21)(H,18,19). The van der Waals surface area contributed by atoms with Crippen LogP contribution in [0.4, 0.5) is 0 Å². The Balaban J connectivity index is 2.02. The summed E-state index contributed by atoms with van der Waals surface area (Å²) in [6.07, 6.45) is 1.02. The van der Waals surface area contributed by atoms with Crippen molar-refractivity contribution in [2.24, 2.45) is 0 Å². The minimum Gasteiger partial charge on any atom is -0.497 e. The smallest absolute Gasteiger partial charge is 0.269 e. The molecule has 3 N–H and O–H groups in total. The Labute approximate surface area is 129 Å². The van der Waals surface area contributed by atoms with E-state index in [1.165, 1.54) is 0 Å². The lowest BCUT2D eigenvalue weighted by molar-refractivity contribution is 0.0905. The number of H-pyrrole nitrogens is 1. The summed E-state index contributed by atoms with van der Waals surface area (Å²) in [4.78, 5) is 12.0. The zero-order valence-corrected chi connectivity index (χ0v) is 12.8. The van der Waals surface area contributed by atoms with Gasteiger partial charge in [0.1, 0.15) is 11.4 Å². The van der Waals surface area contributed by atoms with Gasteiger partial charge in [0.25, 0.3) is 5.91 Å². The van der Waals surface area contributed by atoms with Crippen LogP contribution in [0, 0.1) is 0 Å². The summed E-state index contributed by atoms with van der Waals surface area (Å²) in [6, 6.07) is 9.13. The Morgan fingerprint density at radius 3 is 3.00 bits per heavy atom. The molecule has 2 aromatic rings. The van der Waals surface area contributed by atoms with Gasteiger partial charge in [0, 0.05) is 12.1 Å². The lowest BCUT2D eigenvalue weighted by Crippen LogP contribution is -2.32. The number of aromatic amines is 1. The first-order valence-electron chi connectivity index (χ1n) is 7.30. The number of benzene rings is 1. The summed E-state index contributed by atoms with van der Waals surface area (Å²) in [6.45, 7) is 2.22. The number of methoxy groups -OCH3 is 1. The second kappa shape index (κ2) is 7.61. The highest BCUT2D eigenvalue weighted by molar-refractivity contribution is 5.93. The number of aliphatic hydroxyl groups excluding tert-OH is 1. The first-order valence-corrected chi connectivity index (χ1v) is 7.30. The molecule has 0 radical (unpaired) electrons. The highest BCUT2D eigenvalue weighted by atomic mass is 16.5. The van der Waals surface area contributed by atoms with Gasteiger partial charge in [-0.3, -0.25) is 9.89 Å². The first-order chi connectivity index (χ1) is 10.6. The predicted octanol–water partition coefficient (Wildman–Crippen LogP) is 1.98. The Hall–Kier alpha value is -2.34. The van der Waals surface area contributed by atoms with Crippen LogP contribution in [0.1, 0.15) is 30.3 Å². The van der Waals surface area contributed by atoms with Crippen LogP contribution < -0.4 is 10.1 Å². The maximum Gasteiger partial charge on any atom is 0.269 e. The monoisotopic (exact) mass is 303 g/mol. The Kier molecular flexibility index (Phi) is 5.55. The number of hydrogen-bond acceptors (Lipinski definition) is 4. The van der Waals surface area contributed by atoms with E-state index >= 15 is 0 Å². The van der Waals surface area contributed by atoms with Crippen molar-refractivity contribution in [3.05, 3.63) is 36.0 Å². The van der Waals surface area contributed by atoms with E-state index in [0.717, 1.165) is 17.7 Å². The third kappa shape index (κ3) is 4.08. The van der Waals surface area contributed by atoms with E-state index in [9.17, 15) is 9.90 Å². The molecule has 1 aromatic carbocycles. The zero-order valence-electron chi connectivity index (χ0n) is 12.8. The summed E-state index contributed by atoms with van der Waals surface area (Å²) < 4.78 is 5.17. The number of carbonyl (C=O) groups excluding carboxylic acids is 1. The predicted molar refractivity (Wildman–Crippen MR) is 83.8 cm³/mol. The molecule has 1 amide bonds. The van der Waals surface area contributed by atoms with Crippen LogP contribution >= 0.6 is 0 Å². The van der Waals surface area contributed by atoms with Crippen LogP contribution in [0.15, 0.2) is 30.3 Å². The molecule has 1 heterocycles. The fraction of sp³-hybridized carbons (Fsp3) is 0.375. The average molecular weight is 303 g/mol. The number of nitrogens with one attached hydrogen (secondary N) is 2. The summed E-state index contributed by atoms with van der Waals surface area (Å²) in [5.74, 6) is 0.450. The van der Waals surface area contributed by atoms with Gasteiger partial charge in [-0.1, -0.05) is 25.5 Å². The molecule has 118 valence electrons. The van der Waals surface area contributed by atoms with Crippen LogP contribution in [0.3, 0.4) is 0 Å². The molecule has 1 aromatic heterocycles. The molecule has 22 heavy (non-hydrogen) atoms. The van der Waals surface area contributed by atoms with Gasteiger partial charge in [-0.15, -0.1) is 0 Å². The van der Waals surface area contributed by atoms with Gasteiger partial charge in [0.2, 0.25) is 0 Å². The molecule has 0 saturated heterocycles. The molecule has 2 rings (SSSR count). The van der Waals surface area contributed by atoms with Crippen molar-refractivity contribution in [2.75, 3.05) is 13.7 Å². The maximum absolute atomic E-state index is 12.0. The summed E-state index contributed by atoms with van der Waals surface area (Å²) in [5.41, 5.74) is 1.89. The number of aliphatic hydroxyl groups is 1. The number of aromatic nitrogens is 2. The lowest BCUT2D eigenvalue weighted by atomic mass is 10.1. The largest absolute Gasteiger partial charge is 0.497 e. The van der Waals surface area contributed by atoms with Crippen molar-refractivity contribution >= 4 is 5.91 Å². The maximum atomic E-state index is 12.0. The highest BCUT2D eigenvalue weighted by Gasteiger charge is 2.12. The third-order valence-electron chi connectivity index (χ3n) is 3.31. The fourth-order valence-corrected chi connectivity index (χ4v) is 2.11. The quantitative estimate of drug-likeness (QED) is 0.730. The molecule has 0 fully saturated rings. The van der Waals surface area contributed by atoms with Crippen LogP contribution in [-0.4, -0.2) is 41.0 Å². The first kappa shape index (κ1) is 16.0. The van der Waals surface area contributed by atoms with E-state index in [0.29, 0.717) is 17.8 Å². The molecule has 0 saturated carbocycles. The second-order valence-corrected chi connectivity index (χ2v) is 5.05. The Bertz CT molecular complexity index is 625. The molecule has 0 bridgehead atoms. The molecule has 6 nitrogen and oxygen atoms in total. The molecule has 1 unspecified atom stereocenters. The van der Waals surface area contributed by atoms with Crippen molar-refractivity contribution in [1.82, 2.24) is 15.5 Å². The normalized spacial score (nSPS) is 12.0. The van der Waals surface area contributed by atoms with Gasteiger partial charge in [0.05, 0.1) is 18.9 Å². The van der Waals surface area contributed by atoms with Gasteiger partial charge >= 0.3 is 0 Å². The summed E-state index contributed by atoms with van der Waals surface area (Å²) >= 11 is 0. The van der Waals surface area contributed by atoms with E-state index in [2.05, 4.69) is 15.5 Å². The van der Waals surface area contributed by atoms with E-state index < -0.39 is 6.10 Å². The number of amides is 1. The molecule has 1 atom stereocenters. The molecular weight excluding hydrogens is 282 g/mol. The van der Waals surface area contributed by atoms with E-state index in [4.69, 9.17) is 4.74 Å². The average Bonchev–Trinajstić information content (AvgIpc) is 3.03. The SMILES string of the molecule is CCCC(O)CNC(=O)c1cc(-c2cccc(OC)c2)n[nH]1.